The van der Waals surface area contributed by atoms with E-state index in [0.717, 1.165) is 36.8 Å². The van der Waals surface area contributed by atoms with Crippen LogP contribution in [-0.4, -0.2) is 46.3 Å². The number of ether oxygens (including phenoxy) is 2. The molecule has 0 bridgehead atoms. The highest BCUT2D eigenvalue weighted by molar-refractivity contribution is 6.31. The van der Waals surface area contributed by atoms with Crippen LogP contribution >= 0.6 is 11.6 Å². The van der Waals surface area contributed by atoms with E-state index in [4.69, 9.17) is 21.1 Å². The number of hydrogen-bond acceptors (Lipinski definition) is 5. The lowest BCUT2D eigenvalue weighted by Crippen LogP contribution is -2.43. The number of piperidine rings is 1. The summed E-state index contributed by atoms with van der Waals surface area (Å²) in [6.45, 7) is 7.57. The fraction of sp³-hybridized carbons (Fsp3) is 0.550. The van der Waals surface area contributed by atoms with Gasteiger partial charge in [-0.1, -0.05) is 23.7 Å². The van der Waals surface area contributed by atoms with Crippen LogP contribution in [0, 0.1) is 5.92 Å². The number of benzene rings is 1. The summed E-state index contributed by atoms with van der Waals surface area (Å²) in [4.78, 5) is 22.8. The Bertz CT molecular complexity index is 807. The molecular weight excluding hydrogens is 366 g/mol. The molecule has 7 heteroatoms. The number of aromatic nitrogens is 2. The third kappa shape index (κ3) is 5.45. The maximum atomic E-state index is 12.3. The van der Waals surface area contributed by atoms with Crippen molar-refractivity contribution in [2.24, 2.45) is 5.92 Å². The third-order valence-electron chi connectivity index (χ3n) is 4.43. The summed E-state index contributed by atoms with van der Waals surface area (Å²) < 4.78 is 11.3. The molecular formula is C20H26ClN3O3. The molecule has 27 heavy (non-hydrogen) atoms. The van der Waals surface area contributed by atoms with Crippen LogP contribution in [0.2, 0.25) is 5.15 Å². The van der Waals surface area contributed by atoms with E-state index in [1.54, 1.807) is 4.90 Å². The number of amides is 1. The summed E-state index contributed by atoms with van der Waals surface area (Å²) >= 11 is 6.18. The molecule has 1 aromatic carbocycles. The normalized spacial score (nSPS) is 17.8. The SMILES string of the molecule is CC(C)(C)OC(=O)N1CCC[C@@H](CCOc2nc3ccccc3nc2Cl)C1. The molecule has 3 rings (SSSR count). The highest BCUT2D eigenvalue weighted by Gasteiger charge is 2.27. The number of rotatable bonds is 4. The molecule has 0 unspecified atom stereocenters. The molecule has 0 saturated carbocycles. The van der Waals surface area contributed by atoms with Gasteiger partial charge in [-0.05, 0) is 58.1 Å². The lowest BCUT2D eigenvalue weighted by molar-refractivity contribution is 0.0154. The first-order valence-electron chi connectivity index (χ1n) is 9.35. The quantitative estimate of drug-likeness (QED) is 0.755. The summed E-state index contributed by atoms with van der Waals surface area (Å²) in [7, 11) is 0. The van der Waals surface area contributed by atoms with E-state index >= 15 is 0 Å². The van der Waals surface area contributed by atoms with Gasteiger partial charge in [-0.15, -0.1) is 0 Å². The predicted octanol–water partition coefficient (Wildman–Crippen LogP) is 4.70. The molecule has 0 N–H and O–H groups in total. The van der Waals surface area contributed by atoms with E-state index in [1.165, 1.54) is 0 Å². The number of hydrogen-bond donors (Lipinski definition) is 0. The van der Waals surface area contributed by atoms with Crippen LogP contribution in [0.3, 0.4) is 0 Å². The minimum Gasteiger partial charge on any atom is -0.475 e. The standard InChI is InChI=1S/C20H26ClN3O3/c1-20(2,3)27-19(25)24-11-6-7-14(13-24)10-12-26-18-17(21)22-15-8-4-5-9-16(15)23-18/h4-5,8-9,14H,6-7,10-13H2,1-3H3/t14-/m0/s1. The van der Waals surface area contributed by atoms with Gasteiger partial charge >= 0.3 is 6.09 Å². The van der Waals surface area contributed by atoms with E-state index in [9.17, 15) is 4.79 Å². The Morgan fingerprint density at radius 1 is 1.26 bits per heavy atom. The van der Waals surface area contributed by atoms with Crippen LogP contribution in [0.25, 0.3) is 11.0 Å². The fourth-order valence-corrected chi connectivity index (χ4v) is 3.36. The lowest BCUT2D eigenvalue weighted by atomic mass is 9.95. The van der Waals surface area contributed by atoms with Crippen molar-refractivity contribution >= 4 is 28.7 Å². The van der Waals surface area contributed by atoms with Crippen LogP contribution < -0.4 is 4.74 Å². The van der Waals surface area contributed by atoms with E-state index in [1.807, 2.05) is 45.0 Å². The van der Waals surface area contributed by atoms with Gasteiger partial charge in [0.05, 0.1) is 17.6 Å². The molecule has 0 radical (unpaired) electrons. The van der Waals surface area contributed by atoms with Gasteiger partial charge in [0.25, 0.3) is 5.88 Å². The summed E-state index contributed by atoms with van der Waals surface area (Å²) in [5, 5.41) is 0.271. The number of para-hydroxylation sites is 2. The first kappa shape index (κ1) is 19.7. The monoisotopic (exact) mass is 391 g/mol. The average molecular weight is 392 g/mol. The van der Waals surface area contributed by atoms with Crippen molar-refractivity contribution in [1.82, 2.24) is 14.9 Å². The number of likely N-dealkylation sites (tertiary alicyclic amines) is 1. The second kappa shape index (κ2) is 8.30. The average Bonchev–Trinajstić information content (AvgIpc) is 2.61. The molecule has 1 fully saturated rings. The molecule has 1 aromatic heterocycles. The molecule has 146 valence electrons. The van der Waals surface area contributed by atoms with Gasteiger partial charge in [0.15, 0.2) is 5.15 Å². The third-order valence-corrected chi connectivity index (χ3v) is 4.68. The van der Waals surface area contributed by atoms with Crippen molar-refractivity contribution in [2.75, 3.05) is 19.7 Å². The van der Waals surface area contributed by atoms with E-state index in [-0.39, 0.29) is 11.2 Å². The smallest absolute Gasteiger partial charge is 0.410 e. The number of carbonyl (C=O) groups excluding carboxylic acids is 1. The first-order chi connectivity index (χ1) is 12.8. The maximum absolute atomic E-state index is 12.3. The molecule has 2 aromatic rings. The molecule has 1 amide bonds. The maximum Gasteiger partial charge on any atom is 0.410 e. The van der Waals surface area contributed by atoms with Crippen LogP contribution in [0.15, 0.2) is 24.3 Å². The topological polar surface area (TPSA) is 64.5 Å². The zero-order valence-electron chi connectivity index (χ0n) is 16.1. The Balaban J connectivity index is 1.53. The molecule has 0 spiro atoms. The predicted molar refractivity (Wildman–Crippen MR) is 105 cm³/mol. The summed E-state index contributed by atoms with van der Waals surface area (Å²) in [5.41, 5.74) is 1.03. The van der Waals surface area contributed by atoms with Crippen molar-refractivity contribution in [3.05, 3.63) is 29.4 Å². The van der Waals surface area contributed by atoms with Crippen LogP contribution in [0.1, 0.15) is 40.0 Å². The van der Waals surface area contributed by atoms with Crippen LogP contribution in [0.4, 0.5) is 4.79 Å². The van der Waals surface area contributed by atoms with Crippen molar-refractivity contribution in [3.8, 4) is 5.88 Å². The van der Waals surface area contributed by atoms with Gasteiger partial charge in [0.1, 0.15) is 5.60 Å². The minimum atomic E-state index is -0.474. The zero-order valence-corrected chi connectivity index (χ0v) is 16.8. The molecule has 2 heterocycles. The van der Waals surface area contributed by atoms with Crippen molar-refractivity contribution in [2.45, 2.75) is 45.6 Å². The molecule has 1 atom stereocenters. The number of nitrogens with zero attached hydrogens (tertiary/aromatic N) is 3. The van der Waals surface area contributed by atoms with Crippen molar-refractivity contribution < 1.29 is 14.3 Å². The second-order valence-electron chi connectivity index (χ2n) is 7.88. The fourth-order valence-electron chi connectivity index (χ4n) is 3.17. The van der Waals surface area contributed by atoms with Gasteiger partial charge < -0.3 is 14.4 Å². The highest BCUT2D eigenvalue weighted by atomic mass is 35.5. The number of halogens is 1. The first-order valence-corrected chi connectivity index (χ1v) is 9.72. The van der Waals surface area contributed by atoms with E-state index in [0.29, 0.717) is 24.9 Å². The van der Waals surface area contributed by atoms with Gasteiger partial charge in [-0.3, -0.25) is 0 Å². The second-order valence-corrected chi connectivity index (χ2v) is 8.24. The number of fused-ring (bicyclic) bond motifs is 1. The Morgan fingerprint density at radius 3 is 2.67 bits per heavy atom. The van der Waals surface area contributed by atoms with Crippen molar-refractivity contribution in [3.63, 3.8) is 0 Å². The largest absolute Gasteiger partial charge is 0.475 e. The molecule has 6 nitrogen and oxygen atoms in total. The zero-order chi connectivity index (χ0) is 19.4. The Kier molecular flexibility index (Phi) is 6.05. The Labute approximate surface area is 164 Å². The van der Waals surface area contributed by atoms with Gasteiger partial charge in [-0.25, -0.2) is 14.8 Å². The molecule has 0 aliphatic carbocycles. The number of carbonyl (C=O) groups is 1. The Morgan fingerprint density at radius 2 is 1.96 bits per heavy atom. The van der Waals surface area contributed by atoms with E-state index < -0.39 is 5.60 Å². The van der Waals surface area contributed by atoms with Crippen molar-refractivity contribution in [1.29, 1.82) is 0 Å². The van der Waals surface area contributed by atoms with Crippen LogP contribution in [0.5, 0.6) is 5.88 Å². The van der Waals surface area contributed by atoms with Crippen LogP contribution in [-0.2, 0) is 4.74 Å². The summed E-state index contributed by atoms with van der Waals surface area (Å²) in [6.07, 6.45) is 2.63. The van der Waals surface area contributed by atoms with Gasteiger partial charge in [0, 0.05) is 13.1 Å². The van der Waals surface area contributed by atoms with E-state index in [2.05, 4.69) is 9.97 Å². The minimum absolute atomic E-state index is 0.239. The van der Waals surface area contributed by atoms with Gasteiger partial charge in [0.2, 0.25) is 0 Å². The highest BCUT2D eigenvalue weighted by Crippen LogP contribution is 2.25. The molecule has 1 aliphatic rings. The Hall–Kier alpha value is -2.08. The summed E-state index contributed by atoms with van der Waals surface area (Å²) in [6, 6.07) is 7.55. The lowest BCUT2D eigenvalue weighted by Gasteiger charge is -2.34. The molecule has 1 saturated heterocycles. The molecule has 1 aliphatic heterocycles. The summed E-state index contributed by atoms with van der Waals surface area (Å²) in [5.74, 6) is 0.730. The van der Waals surface area contributed by atoms with Gasteiger partial charge in [-0.2, -0.15) is 0 Å².